The molecule has 0 aromatic heterocycles. The van der Waals surface area contributed by atoms with E-state index in [9.17, 15) is 21.6 Å². The molecular formula is C13H25F3N2O2S. The average molecular weight is 330 g/mol. The Kier molecular flexibility index (Phi) is 6.93. The van der Waals surface area contributed by atoms with Gasteiger partial charge in [0.15, 0.2) is 0 Å². The van der Waals surface area contributed by atoms with Crippen molar-refractivity contribution >= 4 is 10.0 Å². The van der Waals surface area contributed by atoms with Gasteiger partial charge in [-0.15, -0.1) is 0 Å². The Morgan fingerprint density at radius 1 is 1.29 bits per heavy atom. The van der Waals surface area contributed by atoms with Crippen LogP contribution in [-0.4, -0.2) is 50.3 Å². The molecule has 0 amide bonds. The molecule has 0 radical (unpaired) electrons. The van der Waals surface area contributed by atoms with Gasteiger partial charge in [-0.1, -0.05) is 13.8 Å². The van der Waals surface area contributed by atoms with Crippen molar-refractivity contribution in [3.05, 3.63) is 0 Å². The molecule has 0 bridgehead atoms. The number of halogens is 3. The third-order valence-electron chi connectivity index (χ3n) is 3.62. The third-order valence-corrected chi connectivity index (χ3v) is 5.55. The van der Waals surface area contributed by atoms with Gasteiger partial charge in [-0.2, -0.15) is 13.2 Å². The Balaban J connectivity index is 2.43. The van der Waals surface area contributed by atoms with E-state index < -0.39 is 28.7 Å². The van der Waals surface area contributed by atoms with Crippen molar-refractivity contribution < 1.29 is 21.6 Å². The van der Waals surface area contributed by atoms with Gasteiger partial charge in [-0.3, -0.25) is 0 Å². The van der Waals surface area contributed by atoms with E-state index in [0.717, 1.165) is 10.8 Å². The second-order valence-electron chi connectivity index (χ2n) is 5.87. The van der Waals surface area contributed by atoms with Crippen LogP contribution in [0.25, 0.3) is 0 Å². The van der Waals surface area contributed by atoms with E-state index in [-0.39, 0.29) is 25.1 Å². The summed E-state index contributed by atoms with van der Waals surface area (Å²) in [6.45, 7) is 4.51. The van der Waals surface area contributed by atoms with Crippen molar-refractivity contribution in [1.82, 2.24) is 9.62 Å². The van der Waals surface area contributed by atoms with Crippen LogP contribution in [0.2, 0.25) is 0 Å². The number of nitrogens with zero attached hydrogens (tertiary/aromatic N) is 1. The molecule has 1 saturated heterocycles. The van der Waals surface area contributed by atoms with E-state index in [2.05, 4.69) is 5.32 Å². The second kappa shape index (κ2) is 7.78. The maximum Gasteiger partial charge on any atom is 0.393 e. The zero-order chi connectivity index (χ0) is 16.1. The van der Waals surface area contributed by atoms with Gasteiger partial charge < -0.3 is 5.32 Å². The van der Waals surface area contributed by atoms with Crippen molar-refractivity contribution in [2.45, 2.75) is 51.7 Å². The Labute approximate surface area is 125 Å². The largest absolute Gasteiger partial charge is 0.393 e. The molecule has 126 valence electrons. The van der Waals surface area contributed by atoms with Crippen LogP contribution >= 0.6 is 0 Å². The van der Waals surface area contributed by atoms with E-state index in [1.165, 1.54) is 0 Å². The summed E-state index contributed by atoms with van der Waals surface area (Å²) < 4.78 is 63.3. The number of alkyl halides is 3. The number of unbranched alkanes of at least 4 members (excludes halogenated alkanes) is 1. The monoisotopic (exact) mass is 330 g/mol. The minimum Gasteiger partial charge on any atom is -0.315 e. The summed E-state index contributed by atoms with van der Waals surface area (Å²) in [6, 6.07) is 0.344. The fraction of sp³-hybridized carbons (Fsp3) is 1.00. The van der Waals surface area contributed by atoms with Gasteiger partial charge in [0.1, 0.15) is 0 Å². The molecule has 1 atom stereocenters. The van der Waals surface area contributed by atoms with E-state index >= 15 is 0 Å². The quantitative estimate of drug-likeness (QED) is 0.729. The molecule has 1 aliphatic rings. The molecule has 0 aliphatic carbocycles. The molecule has 1 N–H and O–H groups in total. The molecule has 1 aliphatic heterocycles. The summed E-state index contributed by atoms with van der Waals surface area (Å²) in [7, 11) is -3.57. The Morgan fingerprint density at radius 3 is 2.52 bits per heavy atom. The first-order chi connectivity index (χ1) is 9.63. The van der Waals surface area contributed by atoms with Gasteiger partial charge in [0, 0.05) is 19.1 Å². The highest BCUT2D eigenvalue weighted by Gasteiger charge is 2.43. The summed E-state index contributed by atoms with van der Waals surface area (Å²) in [5.74, 6) is -1.60. The molecule has 0 aromatic rings. The zero-order valence-corrected chi connectivity index (χ0v) is 13.4. The number of hydrogen-bond acceptors (Lipinski definition) is 3. The molecule has 0 spiro atoms. The minimum atomic E-state index is -4.31. The summed E-state index contributed by atoms with van der Waals surface area (Å²) in [6.07, 6.45) is -2.84. The number of sulfonamides is 1. The maximum atomic E-state index is 12.7. The van der Waals surface area contributed by atoms with Crippen LogP contribution in [-0.2, 0) is 10.0 Å². The van der Waals surface area contributed by atoms with Gasteiger partial charge in [0.05, 0.1) is 11.7 Å². The zero-order valence-electron chi connectivity index (χ0n) is 12.6. The van der Waals surface area contributed by atoms with Crippen LogP contribution in [0.5, 0.6) is 0 Å². The topological polar surface area (TPSA) is 49.4 Å². The standard InChI is InChI=1S/C13H25F3N2O2S/c1-11(2)17-7-3-4-9-21(19,20)18-8-5-6-12(10-18)13(14,15)16/h11-12,17H,3-10H2,1-2H3. The molecular weight excluding hydrogens is 305 g/mol. The van der Waals surface area contributed by atoms with E-state index in [4.69, 9.17) is 0 Å². The molecule has 1 fully saturated rings. The van der Waals surface area contributed by atoms with Crippen LogP contribution < -0.4 is 5.32 Å². The van der Waals surface area contributed by atoms with Crippen molar-refractivity contribution in [2.24, 2.45) is 5.92 Å². The van der Waals surface area contributed by atoms with Gasteiger partial charge in [-0.05, 0) is 32.2 Å². The maximum absolute atomic E-state index is 12.7. The van der Waals surface area contributed by atoms with Crippen LogP contribution in [0.15, 0.2) is 0 Å². The van der Waals surface area contributed by atoms with Crippen molar-refractivity contribution in [1.29, 1.82) is 0 Å². The third kappa shape index (κ3) is 6.52. The summed E-state index contributed by atoms with van der Waals surface area (Å²) in [5.41, 5.74) is 0. The number of nitrogens with one attached hydrogen (secondary N) is 1. The molecule has 8 heteroatoms. The minimum absolute atomic E-state index is 0.0217. The highest BCUT2D eigenvalue weighted by atomic mass is 32.2. The van der Waals surface area contributed by atoms with E-state index in [1.54, 1.807) is 0 Å². The number of piperidine rings is 1. The first kappa shape index (κ1) is 18.7. The first-order valence-corrected chi connectivity index (χ1v) is 9.02. The highest BCUT2D eigenvalue weighted by molar-refractivity contribution is 7.89. The summed E-state index contributed by atoms with van der Waals surface area (Å²) in [4.78, 5) is 0. The predicted molar refractivity (Wildman–Crippen MR) is 76.5 cm³/mol. The lowest BCUT2D eigenvalue weighted by atomic mass is 9.99. The van der Waals surface area contributed by atoms with E-state index in [1.807, 2.05) is 13.8 Å². The van der Waals surface area contributed by atoms with Crippen LogP contribution in [0.3, 0.4) is 0 Å². The molecule has 0 aromatic carbocycles. The lowest BCUT2D eigenvalue weighted by molar-refractivity contribution is -0.182. The fourth-order valence-corrected chi connectivity index (χ4v) is 4.03. The average Bonchev–Trinajstić information content (AvgIpc) is 2.37. The lowest BCUT2D eigenvalue weighted by Crippen LogP contribution is -2.45. The highest BCUT2D eigenvalue weighted by Crippen LogP contribution is 2.34. The van der Waals surface area contributed by atoms with Crippen LogP contribution in [0.1, 0.15) is 39.5 Å². The second-order valence-corrected chi connectivity index (χ2v) is 7.96. The predicted octanol–water partition coefficient (Wildman–Crippen LogP) is 2.37. The first-order valence-electron chi connectivity index (χ1n) is 7.41. The Morgan fingerprint density at radius 2 is 1.95 bits per heavy atom. The van der Waals surface area contributed by atoms with Crippen LogP contribution in [0.4, 0.5) is 13.2 Å². The molecule has 1 heterocycles. The summed E-state index contributed by atoms with van der Waals surface area (Å²) in [5, 5.41) is 3.18. The van der Waals surface area contributed by atoms with Gasteiger partial charge in [0.2, 0.25) is 10.0 Å². The lowest BCUT2D eigenvalue weighted by Gasteiger charge is -2.32. The summed E-state index contributed by atoms with van der Waals surface area (Å²) >= 11 is 0. The molecule has 0 saturated carbocycles. The van der Waals surface area contributed by atoms with Gasteiger partial charge >= 0.3 is 6.18 Å². The SMILES string of the molecule is CC(C)NCCCCS(=O)(=O)N1CCCC(C(F)(F)F)C1. The Hall–Kier alpha value is -0.340. The number of hydrogen-bond donors (Lipinski definition) is 1. The molecule has 4 nitrogen and oxygen atoms in total. The number of rotatable bonds is 7. The van der Waals surface area contributed by atoms with Gasteiger partial charge in [-0.25, -0.2) is 12.7 Å². The Bertz CT molecular complexity index is 410. The molecule has 21 heavy (non-hydrogen) atoms. The van der Waals surface area contributed by atoms with Crippen molar-refractivity contribution in [3.63, 3.8) is 0 Å². The van der Waals surface area contributed by atoms with Crippen molar-refractivity contribution in [2.75, 3.05) is 25.4 Å². The smallest absolute Gasteiger partial charge is 0.315 e. The van der Waals surface area contributed by atoms with Crippen LogP contribution in [0, 0.1) is 5.92 Å². The van der Waals surface area contributed by atoms with E-state index in [0.29, 0.717) is 18.9 Å². The van der Waals surface area contributed by atoms with Crippen molar-refractivity contribution in [3.8, 4) is 0 Å². The fourth-order valence-electron chi connectivity index (χ4n) is 2.39. The van der Waals surface area contributed by atoms with Gasteiger partial charge in [0.25, 0.3) is 0 Å². The molecule has 1 rings (SSSR count). The normalized spacial score (nSPS) is 21.9. The molecule has 1 unspecified atom stereocenters.